The second kappa shape index (κ2) is 7.24. The molecular weight excluding hydrogens is 300 g/mol. The van der Waals surface area contributed by atoms with E-state index in [1.807, 2.05) is 38.3 Å². The van der Waals surface area contributed by atoms with E-state index >= 15 is 0 Å². The molecule has 0 bridgehead atoms. The molecule has 2 heterocycles. The van der Waals surface area contributed by atoms with Crippen LogP contribution in [0.4, 0.5) is 4.79 Å². The summed E-state index contributed by atoms with van der Waals surface area (Å²) in [5.74, 6) is 0.146. The predicted molar refractivity (Wildman–Crippen MR) is 87.5 cm³/mol. The van der Waals surface area contributed by atoms with Crippen molar-refractivity contribution in [3.63, 3.8) is 0 Å². The number of ether oxygens (including phenoxy) is 1. The largest absolute Gasteiger partial charge is 0.444 e. The maximum absolute atomic E-state index is 12.1. The van der Waals surface area contributed by atoms with Crippen LogP contribution < -0.4 is 5.32 Å². The Labute approximate surface area is 135 Å². The van der Waals surface area contributed by atoms with Crippen LogP contribution in [-0.2, 0) is 4.74 Å². The Balaban J connectivity index is 1.81. The van der Waals surface area contributed by atoms with E-state index in [1.165, 1.54) is 11.3 Å². The number of nitrogens with one attached hydrogen (secondary N) is 1. The fourth-order valence-corrected chi connectivity index (χ4v) is 3.17. The van der Waals surface area contributed by atoms with Gasteiger partial charge in [-0.2, -0.15) is 0 Å². The SMILES string of the molecule is CC(C)(C)OC(=O)N[C@H]1CCCN(CC(=O)c2cccs2)C1. The number of rotatable bonds is 4. The second-order valence-corrected chi connectivity index (χ2v) is 7.57. The number of carbonyl (C=O) groups excluding carboxylic acids is 2. The summed E-state index contributed by atoms with van der Waals surface area (Å²) in [7, 11) is 0. The molecule has 2 rings (SSSR count). The lowest BCUT2D eigenvalue weighted by molar-refractivity contribution is 0.0473. The zero-order valence-corrected chi connectivity index (χ0v) is 14.2. The van der Waals surface area contributed by atoms with Crippen molar-refractivity contribution in [1.82, 2.24) is 10.2 Å². The second-order valence-electron chi connectivity index (χ2n) is 6.62. The van der Waals surface area contributed by atoms with Crippen molar-refractivity contribution in [2.45, 2.75) is 45.3 Å². The standard InChI is InChI=1S/C16H24N2O3S/c1-16(2,3)21-15(20)17-12-6-4-8-18(10-12)11-13(19)14-7-5-9-22-14/h5,7,9,12H,4,6,8,10-11H2,1-3H3,(H,17,20)/t12-/m0/s1. The van der Waals surface area contributed by atoms with Gasteiger partial charge in [-0.1, -0.05) is 6.07 Å². The normalized spacial score (nSPS) is 19.7. The molecule has 22 heavy (non-hydrogen) atoms. The van der Waals surface area contributed by atoms with Gasteiger partial charge < -0.3 is 10.1 Å². The maximum Gasteiger partial charge on any atom is 0.407 e. The van der Waals surface area contributed by atoms with Crippen LogP contribution in [0, 0.1) is 0 Å². The number of alkyl carbamates (subject to hydrolysis) is 1. The molecule has 1 N–H and O–H groups in total. The first-order valence-corrected chi connectivity index (χ1v) is 8.50. The lowest BCUT2D eigenvalue weighted by Crippen LogP contribution is -2.49. The van der Waals surface area contributed by atoms with E-state index in [2.05, 4.69) is 10.2 Å². The molecule has 0 unspecified atom stereocenters. The third kappa shape index (κ3) is 5.42. The fourth-order valence-electron chi connectivity index (χ4n) is 2.51. The van der Waals surface area contributed by atoms with E-state index in [0.29, 0.717) is 13.1 Å². The highest BCUT2D eigenvalue weighted by Gasteiger charge is 2.25. The molecule has 1 saturated heterocycles. The number of hydrogen-bond acceptors (Lipinski definition) is 5. The molecule has 1 aromatic rings. The molecular formula is C16H24N2O3S. The minimum atomic E-state index is -0.492. The number of ketones is 1. The summed E-state index contributed by atoms with van der Waals surface area (Å²) in [4.78, 5) is 26.9. The fraction of sp³-hybridized carbons (Fsp3) is 0.625. The van der Waals surface area contributed by atoms with Crippen LogP contribution in [0.3, 0.4) is 0 Å². The van der Waals surface area contributed by atoms with Gasteiger partial charge >= 0.3 is 6.09 Å². The lowest BCUT2D eigenvalue weighted by atomic mass is 10.1. The van der Waals surface area contributed by atoms with Gasteiger partial charge in [-0.25, -0.2) is 4.79 Å². The van der Waals surface area contributed by atoms with Gasteiger partial charge in [0, 0.05) is 12.6 Å². The Hall–Kier alpha value is -1.40. The summed E-state index contributed by atoms with van der Waals surface area (Å²) < 4.78 is 5.28. The average molecular weight is 324 g/mol. The third-order valence-corrected chi connectivity index (χ3v) is 4.30. The maximum atomic E-state index is 12.1. The smallest absolute Gasteiger partial charge is 0.407 e. The molecule has 0 radical (unpaired) electrons. The molecule has 1 aliphatic heterocycles. The van der Waals surface area contributed by atoms with Crippen molar-refractivity contribution in [2.75, 3.05) is 19.6 Å². The summed E-state index contributed by atoms with van der Waals surface area (Å²) >= 11 is 1.47. The molecule has 0 aromatic carbocycles. The minimum Gasteiger partial charge on any atom is -0.444 e. The third-order valence-electron chi connectivity index (χ3n) is 3.39. The molecule has 0 saturated carbocycles. The number of carbonyl (C=O) groups is 2. The molecule has 1 amide bonds. The molecule has 5 nitrogen and oxygen atoms in total. The Morgan fingerprint density at radius 1 is 1.45 bits per heavy atom. The Morgan fingerprint density at radius 3 is 2.86 bits per heavy atom. The minimum absolute atomic E-state index is 0.0414. The quantitative estimate of drug-likeness (QED) is 0.865. The summed E-state index contributed by atoms with van der Waals surface area (Å²) in [6.45, 7) is 7.53. The topological polar surface area (TPSA) is 58.6 Å². The molecule has 122 valence electrons. The van der Waals surface area contributed by atoms with Gasteiger partial charge in [-0.05, 0) is 51.6 Å². The Morgan fingerprint density at radius 2 is 2.23 bits per heavy atom. The van der Waals surface area contributed by atoms with E-state index in [4.69, 9.17) is 4.74 Å². The van der Waals surface area contributed by atoms with Crippen molar-refractivity contribution in [3.05, 3.63) is 22.4 Å². The first-order valence-electron chi connectivity index (χ1n) is 7.62. The van der Waals surface area contributed by atoms with Gasteiger partial charge in [0.05, 0.1) is 11.4 Å². The van der Waals surface area contributed by atoms with E-state index in [9.17, 15) is 9.59 Å². The van der Waals surface area contributed by atoms with Crippen molar-refractivity contribution in [3.8, 4) is 0 Å². The van der Waals surface area contributed by atoms with Crippen molar-refractivity contribution in [1.29, 1.82) is 0 Å². The number of Topliss-reactive ketones (excluding diaryl/α,β-unsaturated/α-hetero) is 1. The summed E-state index contributed by atoms with van der Waals surface area (Å²) in [5, 5.41) is 4.81. The van der Waals surface area contributed by atoms with Gasteiger partial charge in [-0.15, -0.1) is 11.3 Å². The van der Waals surface area contributed by atoms with Crippen LogP contribution in [0.15, 0.2) is 17.5 Å². The summed E-state index contributed by atoms with van der Waals surface area (Å²) in [6.07, 6.45) is 1.50. The van der Waals surface area contributed by atoms with Crippen LogP contribution in [0.1, 0.15) is 43.3 Å². The van der Waals surface area contributed by atoms with Crippen LogP contribution in [0.25, 0.3) is 0 Å². The molecule has 0 spiro atoms. The van der Waals surface area contributed by atoms with Crippen molar-refractivity contribution < 1.29 is 14.3 Å². The van der Waals surface area contributed by atoms with Crippen LogP contribution in [-0.4, -0.2) is 48.1 Å². The summed E-state index contributed by atoms with van der Waals surface area (Å²) in [5.41, 5.74) is -0.492. The molecule has 1 aliphatic rings. The highest BCUT2D eigenvalue weighted by atomic mass is 32.1. The number of thiophene rings is 1. The number of nitrogens with zero attached hydrogens (tertiary/aromatic N) is 1. The summed E-state index contributed by atoms with van der Waals surface area (Å²) in [6, 6.07) is 3.79. The van der Waals surface area contributed by atoms with Gasteiger partial charge in [0.2, 0.25) is 0 Å². The first-order chi connectivity index (χ1) is 10.3. The van der Waals surface area contributed by atoms with Crippen molar-refractivity contribution in [2.24, 2.45) is 0 Å². The molecule has 1 fully saturated rings. The van der Waals surface area contributed by atoms with Crippen LogP contribution in [0.5, 0.6) is 0 Å². The highest BCUT2D eigenvalue weighted by molar-refractivity contribution is 7.12. The molecule has 6 heteroatoms. The first kappa shape index (κ1) is 17.0. The monoisotopic (exact) mass is 324 g/mol. The van der Waals surface area contributed by atoms with Crippen molar-refractivity contribution >= 4 is 23.2 Å². The molecule has 1 aromatic heterocycles. The van der Waals surface area contributed by atoms with Crippen LogP contribution >= 0.6 is 11.3 Å². The molecule has 0 aliphatic carbocycles. The Kier molecular flexibility index (Phi) is 5.58. The van der Waals surface area contributed by atoms with Crippen LogP contribution in [0.2, 0.25) is 0 Å². The predicted octanol–water partition coefficient (Wildman–Crippen LogP) is 2.92. The zero-order chi connectivity index (χ0) is 16.2. The number of hydrogen-bond donors (Lipinski definition) is 1. The zero-order valence-electron chi connectivity index (χ0n) is 13.4. The lowest BCUT2D eigenvalue weighted by Gasteiger charge is -2.33. The van der Waals surface area contributed by atoms with E-state index < -0.39 is 5.60 Å². The highest BCUT2D eigenvalue weighted by Crippen LogP contribution is 2.15. The Bertz CT molecular complexity index is 508. The number of piperidine rings is 1. The van der Waals surface area contributed by atoms with E-state index in [-0.39, 0.29) is 17.9 Å². The van der Waals surface area contributed by atoms with E-state index in [1.54, 1.807) is 0 Å². The average Bonchev–Trinajstić information content (AvgIpc) is 2.90. The number of amides is 1. The van der Waals surface area contributed by atoms with E-state index in [0.717, 1.165) is 24.3 Å². The van der Waals surface area contributed by atoms with Gasteiger partial charge in [-0.3, -0.25) is 9.69 Å². The number of likely N-dealkylation sites (tertiary alicyclic amines) is 1. The van der Waals surface area contributed by atoms with Gasteiger partial charge in [0.15, 0.2) is 5.78 Å². The molecule has 1 atom stereocenters. The van der Waals surface area contributed by atoms with Gasteiger partial charge in [0.25, 0.3) is 0 Å². The van der Waals surface area contributed by atoms with Gasteiger partial charge in [0.1, 0.15) is 5.60 Å².